The second kappa shape index (κ2) is 21.3. The molecule has 0 aromatic carbocycles. The van der Waals surface area contributed by atoms with Crippen molar-refractivity contribution in [3.63, 3.8) is 0 Å². The van der Waals surface area contributed by atoms with Gasteiger partial charge < -0.3 is 49.4 Å². The number of ether oxygens (including phenoxy) is 6. The number of carbonyl (C=O) groups excluding carboxylic acids is 4. The summed E-state index contributed by atoms with van der Waals surface area (Å²) in [4.78, 5) is 69.9. The lowest BCUT2D eigenvalue weighted by Gasteiger charge is -2.47. The number of pyridine rings is 2. The molecular formula is C46H65Cl2N7O10S. The molecule has 3 aliphatic heterocycles. The Hall–Kier alpha value is -3.62. The average molecular weight is 979 g/mol. The molecule has 6 rings (SSSR count). The highest BCUT2D eigenvalue weighted by Crippen LogP contribution is 2.49. The van der Waals surface area contributed by atoms with Crippen LogP contribution in [0.2, 0.25) is 10.0 Å². The molecule has 3 aliphatic rings. The number of nitrogens with zero attached hydrogens (tertiary/aromatic N) is 4. The zero-order valence-electron chi connectivity index (χ0n) is 39.6. The highest BCUT2D eigenvalue weighted by molar-refractivity contribution is 8.00. The maximum Gasteiger partial charge on any atom is 0.320 e. The van der Waals surface area contributed by atoms with Crippen LogP contribution in [-0.4, -0.2) is 123 Å². The van der Waals surface area contributed by atoms with Crippen molar-refractivity contribution < 1.29 is 47.6 Å². The minimum atomic E-state index is -1.39. The number of halogens is 2. The van der Waals surface area contributed by atoms with Crippen molar-refractivity contribution in [2.75, 3.05) is 38.1 Å². The van der Waals surface area contributed by atoms with Crippen LogP contribution in [0.4, 0.5) is 11.5 Å². The lowest BCUT2D eigenvalue weighted by atomic mass is 9.70. The summed E-state index contributed by atoms with van der Waals surface area (Å²) in [6.45, 7) is 15.2. The largest absolute Gasteiger partial charge is 0.458 e. The fourth-order valence-corrected chi connectivity index (χ4v) is 12.4. The number of carbonyl (C=O) groups is 4. The number of amides is 1. The first-order chi connectivity index (χ1) is 31.2. The topological polar surface area (TPSA) is 217 Å². The molecule has 3 aromatic heterocycles. The number of imidazole rings is 1. The number of fused-ring (bicyclic) bond motifs is 2. The second-order valence-electron chi connectivity index (χ2n) is 18.4. The Kier molecular flexibility index (Phi) is 16.7. The van der Waals surface area contributed by atoms with Gasteiger partial charge in [0.15, 0.2) is 17.7 Å². The van der Waals surface area contributed by atoms with E-state index in [0.29, 0.717) is 29.6 Å². The number of aryl methyl sites for hydroxylation is 1. The third-order valence-corrected chi connectivity index (χ3v) is 15.8. The summed E-state index contributed by atoms with van der Waals surface area (Å²) < 4.78 is 40.2. The van der Waals surface area contributed by atoms with Gasteiger partial charge >= 0.3 is 11.9 Å². The van der Waals surface area contributed by atoms with Gasteiger partial charge in [-0.15, -0.1) is 11.8 Å². The number of nitrogens with two attached hydrogens (primary N) is 1. The number of cyclic esters (lactones) is 1. The number of anilines is 2. The van der Waals surface area contributed by atoms with Crippen molar-refractivity contribution in [2.45, 2.75) is 141 Å². The van der Waals surface area contributed by atoms with Gasteiger partial charge in [-0.1, -0.05) is 50.9 Å². The summed E-state index contributed by atoms with van der Waals surface area (Å²) in [6, 6.07) is 0.162. The lowest BCUT2D eigenvalue weighted by Crippen LogP contribution is -2.57. The number of aromatic nitrogens is 4. The predicted molar refractivity (Wildman–Crippen MR) is 252 cm³/mol. The quantitative estimate of drug-likeness (QED) is 0.160. The zero-order chi connectivity index (χ0) is 48.4. The number of esters is 2. The van der Waals surface area contributed by atoms with Crippen LogP contribution in [0, 0.1) is 29.6 Å². The number of thioether (sulfide) groups is 1. The van der Waals surface area contributed by atoms with Gasteiger partial charge in [0.1, 0.15) is 22.7 Å². The number of hydrogen-bond donors (Lipinski definition) is 3. The van der Waals surface area contributed by atoms with E-state index < -0.39 is 88.5 Å². The van der Waals surface area contributed by atoms with Gasteiger partial charge in [-0.3, -0.25) is 24.2 Å². The fourth-order valence-electron chi connectivity index (χ4n) is 10.5. The molecule has 0 aliphatic carbocycles. The maximum atomic E-state index is 15.0. The Morgan fingerprint density at radius 3 is 2.35 bits per heavy atom. The number of nitrogen functional groups attached to an aromatic ring is 1. The first-order valence-corrected chi connectivity index (χ1v) is 24.4. The van der Waals surface area contributed by atoms with Crippen LogP contribution in [0.1, 0.15) is 91.4 Å². The van der Waals surface area contributed by atoms with Crippen molar-refractivity contribution in [3.05, 3.63) is 40.5 Å². The van der Waals surface area contributed by atoms with Crippen LogP contribution < -0.4 is 16.4 Å². The molecule has 0 bridgehead atoms. The van der Waals surface area contributed by atoms with E-state index in [9.17, 15) is 19.2 Å². The van der Waals surface area contributed by atoms with E-state index in [1.165, 1.54) is 30.4 Å². The van der Waals surface area contributed by atoms with E-state index in [-0.39, 0.29) is 58.0 Å². The summed E-state index contributed by atoms with van der Waals surface area (Å²) in [7, 11) is 5.07. The monoisotopic (exact) mass is 977 g/mol. The Balaban J connectivity index is 1.32. The Morgan fingerprint density at radius 1 is 1.02 bits per heavy atom. The number of methoxy groups -OCH3 is 2. The minimum absolute atomic E-state index is 0.0719. The van der Waals surface area contributed by atoms with E-state index in [1.54, 1.807) is 39.0 Å². The van der Waals surface area contributed by atoms with E-state index >= 15 is 0 Å². The highest BCUT2D eigenvalue weighted by Gasteiger charge is 2.61. The van der Waals surface area contributed by atoms with Gasteiger partial charge in [-0.25, -0.2) is 9.97 Å². The molecule has 0 spiro atoms. The summed E-state index contributed by atoms with van der Waals surface area (Å²) in [5.41, 5.74) is 4.82. The SMILES string of the molecule is CC[C@H]1OC(=O)C(C)[C@@H](OC)[C@H](C)[C@@H](OC2CC(NC)CC(C)O2)C(C)(OC)C[C@@H](C)C(=O)C(C)C2C(SCCn3cnc4c(N)ncc(C(=O)Nc5c(Cl)cncc5Cl)c43)C(=O)O[C@@]21C. The van der Waals surface area contributed by atoms with Crippen molar-refractivity contribution in [1.82, 2.24) is 24.8 Å². The van der Waals surface area contributed by atoms with Gasteiger partial charge in [-0.05, 0) is 54.0 Å². The van der Waals surface area contributed by atoms with Gasteiger partial charge in [0, 0.05) is 81.2 Å². The van der Waals surface area contributed by atoms with Crippen molar-refractivity contribution >= 4 is 81.1 Å². The summed E-state index contributed by atoms with van der Waals surface area (Å²) >= 11 is 13.9. The van der Waals surface area contributed by atoms with Gasteiger partial charge in [-0.2, -0.15) is 0 Å². The standard InChI is InChI=1S/C46H65Cl2N7O10S/c1-12-31-46(8)33(39(44(59)65-46)66-14-13-55-21-53-35-36(55)28(18-52-41(35)49)42(57)54-34-29(47)19-51-20-30(34)48)24(4)37(56)22(2)17-45(7,61-11)40(25(5)38(60-10)26(6)43(58)63-31)64-32-16-27(50-9)15-23(3)62-32/h18-27,31-33,38-40,50H,12-17H2,1-11H3,(H2,49,52)(H,51,54,57)/t22-,23?,24?,25+,26?,27?,31-,32?,33?,38+,39?,40-,45?,46-/m1/s1. The van der Waals surface area contributed by atoms with E-state index in [1.807, 2.05) is 48.6 Å². The molecule has 1 amide bonds. The fraction of sp³-hybridized carbons (Fsp3) is 0.674. The van der Waals surface area contributed by atoms with Gasteiger partial charge in [0.05, 0.1) is 63.0 Å². The first-order valence-electron chi connectivity index (χ1n) is 22.6. The molecule has 14 atom stereocenters. The summed E-state index contributed by atoms with van der Waals surface area (Å²) in [5.74, 6) is -4.58. The predicted octanol–water partition coefficient (Wildman–Crippen LogP) is 6.76. The summed E-state index contributed by atoms with van der Waals surface area (Å²) in [6.07, 6.45) is 4.61. The second-order valence-corrected chi connectivity index (χ2v) is 20.5. The molecule has 4 N–H and O–H groups in total. The van der Waals surface area contributed by atoms with E-state index in [0.717, 1.165) is 6.42 Å². The molecular weight excluding hydrogens is 914 g/mol. The number of ketones is 1. The Bertz CT molecular complexity index is 2240. The van der Waals surface area contributed by atoms with Crippen LogP contribution in [0.15, 0.2) is 24.9 Å². The van der Waals surface area contributed by atoms with Crippen molar-refractivity contribution in [3.8, 4) is 0 Å². The molecule has 3 fully saturated rings. The molecule has 0 radical (unpaired) electrons. The molecule has 17 nitrogen and oxygen atoms in total. The number of Topliss-reactive ketones (excluding diaryl/α,β-unsaturated/α-hetero) is 1. The van der Waals surface area contributed by atoms with Crippen LogP contribution in [0.3, 0.4) is 0 Å². The van der Waals surface area contributed by atoms with Gasteiger partial charge in [0.25, 0.3) is 5.91 Å². The molecule has 364 valence electrons. The molecule has 3 saturated heterocycles. The minimum Gasteiger partial charge on any atom is -0.458 e. The number of hydrogen-bond acceptors (Lipinski definition) is 16. The number of nitrogens with one attached hydrogen (secondary N) is 2. The zero-order valence-corrected chi connectivity index (χ0v) is 41.9. The maximum absolute atomic E-state index is 15.0. The van der Waals surface area contributed by atoms with Crippen LogP contribution in [0.25, 0.3) is 11.0 Å². The molecule has 66 heavy (non-hydrogen) atoms. The molecule has 20 heteroatoms. The number of rotatable bonds is 12. The molecule has 0 saturated carbocycles. The average Bonchev–Trinajstić information content (AvgIpc) is 3.82. The third-order valence-electron chi connectivity index (χ3n) is 14.0. The third kappa shape index (κ3) is 10.4. The highest BCUT2D eigenvalue weighted by atomic mass is 35.5. The van der Waals surface area contributed by atoms with Gasteiger partial charge in [0.2, 0.25) is 0 Å². The molecule has 6 heterocycles. The van der Waals surface area contributed by atoms with Crippen LogP contribution in [-0.2, 0) is 49.3 Å². The first kappa shape index (κ1) is 51.8. The Morgan fingerprint density at radius 2 is 1.71 bits per heavy atom. The van der Waals surface area contributed by atoms with Crippen molar-refractivity contribution in [1.29, 1.82) is 0 Å². The van der Waals surface area contributed by atoms with Crippen LogP contribution >= 0.6 is 35.0 Å². The summed E-state index contributed by atoms with van der Waals surface area (Å²) in [5, 5.41) is 5.55. The lowest BCUT2D eigenvalue weighted by molar-refractivity contribution is -0.268. The molecule has 8 unspecified atom stereocenters. The van der Waals surface area contributed by atoms with Crippen LogP contribution in [0.5, 0.6) is 0 Å². The normalized spacial score (nSPS) is 34.7. The Labute approximate surface area is 401 Å². The van der Waals surface area contributed by atoms with E-state index in [2.05, 4.69) is 25.6 Å². The molecule has 3 aromatic rings. The van der Waals surface area contributed by atoms with E-state index in [4.69, 9.17) is 57.4 Å². The smallest absolute Gasteiger partial charge is 0.320 e. The van der Waals surface area contributed by atoms with Crippen molar-refractivity contribution in [2.24, 2.45) is 29.6 Å².